The standard InChI is InChI=1S/C15H21ClO3/c1-3-8-15(19,9-4-2)13(14(17)18)11-6-5-7-12(16)10-11/h5-7,10,13,19H,3-4,8-9H2,1-2H3,(H,17,18). The lowest BCUT2D eigenvalue weighted by Crippen LogP contribution is -2.40. The molecule has 1 aromatic rings. The fourth-order valence-corrected chi connectivity index (χ4v) is 2.85. The SMILES string of the molecule is CCCC(O)(CCC)C(C(=O)O)c1cccc(Cl)c1. The summed E-state index contributed by atoms with van der Waals surface area (Å²) in [5.41, 5.74) is -0.663. The zero-order chi connectivity index (χ0) is 14.5. The average Bonchev–Trinajstić information content (AvgIpc) is 2.28. The van der Waals surface area contributed by atoms with Gasteiger partial charge in [0.1, 0.15) is 5.92 Å². The maximum absolute atomic E-state index is 11.6. The predicted molar refractivity (Wildman–Crippen MR) is 76.6 cm³/mol. The van der Waals surface area contributed by atoms with Crippen molar-refractivity contribution in [3.63, 3.8) is 0 Å². The fraction of sp³-hybridized carbons (Fsp3) is 0.533. The molecule has 1 atom stereocenters. The summed E-state index contributed by atoms with van der Waals surface area (Å²) in [5.74, 6) is -1.95. The number of aliphatic carboxylic acids is 1. The van der Waals surface area contributed by atoms with Crippen LogP contribution in [0, 0.1) is 0 Å². The minimum atomic E-state index is -1.22. The second-order valence-electron chi connectivity index (χ2n) is 4.93. The minimum absolute atomic E-state index is 0.463. The zero-order valence-electron chi connectivity index (χ0n) is 11.4. The monoisotopic (exact) mass is 284 g/mol. The summed E-state index contributed by atoms with van der Waals surface area (Å²) in [6, 6.07) is 6.74. The van der Waals surface area contributed by atoms with Crippen molar-refractivity contribution >= 4 is 17.6 Å². The van der Waals surface area contributed by atoms with Gasteiger partial charge in [0.05, 0.1) is 5.60 Å². The Hall–Kier alpha value is -1.06. The zero-order valence-corrected chi connectivity index (χ0v) is 12.2. The molecule has 106 valence electrons. The first-order valence-electron chi connectivity index (χ1n) is 6.65. The second kappa shape index (κ2) is 6.92. The Morgan fingerprint density at radius 2 is 1.89 bits per heavy atom. The van der Waals surface area contributed by atoms with E-state index in [0.717, 1.165) is 12.8 Å². The predicted octanol–water partition coefficient (Wildman–Crippen LogP) is 3.84. The number of carbonyl (C=O) groups is 1. The van der Waals surface area contributed by atoms with E-state index in [2.05, 4.69) is 0 Å². The highest BCUT2D eigenvalue weighted by Gasteiger charge is 2.41. The van der Waals surface area contributed by atoms with Crippen molar-refractivity contribution in [3.8, 4) is 0 Å². The molecule has 0 aliphatic heterocycles. The largest absolute Gasteiger partial charge is 0.481 e. The van der Waals surface area contributed by atoms with Crippen molar-refractivity contribution in [1.82, 2.24) is 0 Å². The average molecular weight is 285 g/mol. The Labute approximate surface area is 119 Å². The van der Waals surface area contributed by atoms with E-state index in [4.69, 9.17) is 11.6 Å². The molecule has 3 nitrogen and oxygen atoms in total. The van der Waals surface area contributed by atoms with E-state index in [1.807, 2.05) is 13.8 Å². The molecule has 0 spiro atoms. The number of carboxylic acid groups (broad SMARTS) is 1. The molecule has 0 saturated heterocycles. The lowest BCUT2D eigenvalue weighted by Gasteiger charge is -2.34. The Morgan fingerprint density at radius 3 is 2.32 bits per heavy atom. The van der Waals surface area contributed by atoms with Gasteiger partial charge in [-0.25, -0.2) is 0 Å². The summed E-state index contributed by atoms with van der Waals surface area (Å²) in [5, 5.41) is 20.8. The van der Waals surface area contributed by atoms with E-state index in [1.165, 1.54) is 0 Å². The molecule has 0 fully saturated rings. The molecule has 0 aromatic heterocycles. The van der Waals surface area contributed by atoms with Crippen molar-refractivity contribution in [2.45, 2.75) is 51.0 Å². The van der Waals surface area contributed by atoms with Crippen LogP contribution < -0.4 is 0 Å². The molecular formula is C15H21ClO3. The summed E-state index contributed by atoms with van der Waals surface area (Å²) < 4.78 is 0. The number of halogens is 1. The van der Waals surface area contributed by atoms with Crippen LogP contribution >= 0.6 is 11.6 Å². The lowest BCUT2D eigenvalue weighted by atomic mass is 9.76. The molecule has 0 saturated carbocycles. The van der Waals surface area contributed by atoms with E-state index in [0.29, 0.717) is 23.4 Å². The van der Waals surface area contributed by atoms with E-state index in [-0.39, 0.29) is 0 Å². The Morgan fingerprint density at radius 1 is 1.32 bits per heavy atom. The summed E-state index contributed by atoms with van der Waals surface area (Å²) >= 11 is 5.92. The molecule has 0 radical (unpaired) electrons. The number of carboxylic acids is 1. The van der Waals surface area contributed by atoms with Crippen LogP contribution in [0.3, 0.4) is 0 Å². The van der Waals surface area contributed by atoms with Crippen LogP contribution in [0.5, 0.6) is 0 Å². The van der Waals surface area contributed by atoms with Crippen LogP contribution in [0.15, 0.2) is 24.3 Å². The van der Waals surface area contributed by atoms with Gasteiger partial charge in [0.2, 0.25) is 0 Å². The summed E-state index contributed by atoms with van der Waals surface area (Å²) in [7, 11) is 0. The first-order chi connectivity index (χ1) is 8.94. The number of benzene rings is 1. The van der Waals surface area contributed by atoms with Gasteiger partial charge >= 0.3 is 5.97 Å². The second-order valence-corrected chi connectivity index (χ2v) is 5.37. The highest BCUT2D eigenvalue weighted by molar-refractivity contribution is 6.30. The molecule has 0 aliphatic rings. The van der Waals surface area contributed by atoms with Crippen LogP contribution in [0.2, 0.25) is 5.02 Å². The smallest absolute Gasteiger partial charge is 0.313 e. The van der Waals surface area contributed by atoms with Gasteiger partial charge in [-0.15, -0.1) is 0 Å². The van der Waals surface area contributed by atoms with E-state index < -0.39 is 17.5 Å². The Kier molecular flexibility index (Phi) is 5.83. The number of aliphatic hydroxyl groups is 1. The molecule has 0 aliphatic carbocycles. The number of hydrogen-bond donors (Lipinski definition) is 2. The van der Waals surface area contributed by atoms with Gasteiger partial charge < -0.3 is 10.2 Å². The molecular weight excluding hydrogens is 264 g/mol. The van der Waals surface area contributed by atoms with Crippen molar-refractivity contribution in [1.29, 1.82) is 0 Å². The van der Waals surface area contributed by atoms with Crippen LogP contribution in [-0.2, 0) is 4.79 Å². The normalized spacial score (nSPS) is 13.3. The van der Waals surface area contributed by atoms with Crippen molar-refractivity contribution < 1.29 is 15.0 Å². The van der Waals surface area contributed by atoms with Gasteiger partial charge in [0.25, 0.3) is 0 Å². The highest BCUT2D eigenvalue weighted by atomic mass is 35.5. The van der Waals surface area contributed by atoms with Gasteiger partial charge in [-0.1, -0.05) is 50.4 Å². The Balaban J connectivity index is 3.21. The van der Waals surface area contributed by atoms with Crippen LogP contribution in [0.25, 0.3) is 0 Å². The van der Waals surface area contributed by atoms with Crippen molar-refractivity contribution in [2.24, 2.45) is 0 Å². The van der Waals surface area contributed by atoms with Crippen LogP contribution in [0.1, 0.15) is 51.0 Å². The highest BCUT2D eigenvalue weighted by Crippen LogP contribution is 2.37. The van der Waals surface area contributed by atoms with Crippen LogP contribution in [-0.4, -0.2) is 21.8 Å². The van der Waals surface area contributed by atoms with Crippen molar-refractivity contribution in [2.75, 3.05) is 0 Å². The Bertz CT molecular complexity index is 425. The quantitative estimate of drug-likeness (QED) is 0.800. The fourth-order valence-electron chi connectivity index (χ4n) is 2.65. The number of rotatable bonds is 7. The molecule has 19 heavy (non-hydrogen) atoms. The van der Waals surface area contributed by atoms with Gasteiger partial charge in [-0.2, -0.15) is 0 Å². The third kappa shape index (κ3) is 3.95. The molecule has 1 rings (SSSR count). The molecule has 1 aromatic carbocycles. The first kappa shape index (κ1) is 16.0. The summed E-state index contributed by atoms with van der Waals surface area (Å²) in [4.78, 5) is 11.6. The molecule has 4 heteroatoms. The molecule has 0 heterocycles. The van der Waals surface area contributed by atoms with Gasteiger partial charge in [-0.3, -0.25) is 4.79 Å². The van der Waals surface area contributed by atoms with Gasteiger partial charge in [0, 0.05) is 5.02 Å². The van der Waals surface area contributed by atoms with E-state index in [9.17, 15) is 15.0 Å². The summed E-state index contributed by atoms with van der Waals surface area (Å²) in [6.45, 7) is 3.88. The molecule has 0 bridgehead atoms. The third-order valence-electron chi connectivity index (χ3n) is 3.33. The maximum atomic E-state index is 11.6. The maximum Gasteiger partial charge on any atom is 0.313 e. The van der Waals surface area contributed by atoms with E-state index >= 15 is 0 Å². The van der Waals surface area contributed by atoms with Gasteiger partial charge in [0.15, 0.2) is 0 Å². The minimum Gasteiger partial charge on any atom is -0.481 e. The first-order valence-corrected chi connectivity index (χ1v) is 7.03. The third-order valence-corrected chi connectivity index (χ3v) is 3.57. The number of hydrogen-bond acceptors (Lipinski definition) is 2. The van der Waals surface area contributed by atoms with E-state index in [1.54, 1.807) is 24.3 Å². The summed E-state index contributed by atoms with van der Waals surface area (Å²) in [6.07, 6.45) is 2.40. The van der Waals surface area contributed by atoms with Crippen molar-refractivity contribution in [3.05, 3.63) is 34.9 Å². The molecule has 2 N–H and O–H groups in total. The van der Waals surface area contributed by atoms with Gasteiger partial charge in [-0.05, 0) is 30.5 Å². The van der Waals surface area contributed by atoms with Crippen LogP contribution in [0.4, 0.5) is 0 Å². The molecule has 1 unspecified atom stereocenters. The lowest BCUT2D eigenvalue weighted by molar-refractivity contribution is -0.147. The molecule has 0 amide bonds. The topological polar surface area (TPSA) is 57.5 Å².